The molecule has 48 heavy (non-hydrogen) atoms. The van der Waals surface area contributed by atoms with Crippen LogP contribution in [0.15, 0.2) is 77.8 Å². The van der Waals surface area contributed by atoms with E-state index in [0.717, 1.165) is 100 Å². The zero-order valence-electron chi connectivity index (χ0n) is 28.3. The molecule has 6 rings (SSSR count). The van der Waals surface area contributed by atoms with Crippen LogP contribution in [0.5, 0.6) is 0 Å². The lowest BCUT2D eigenvalue weighted by atomic mass is 9.57. The van der Waals surface area contributed by atoms with Gasteiger partial charge in [0.25, 0.3) is 0 Å². The number of methoxy groups -OCH3 is 1. The van der Waals surface area contributed by atoms with Crippen LogP contribution in [0, 0.1) is 29.5 Å². The number of anilines is 1. The average Bonchev–Trinajstić information content (AvgIpc) is 3.74. The first-order valence-electron chi connectivity index (χ1n) is 17.4. The van der Waals surface area contributed by atoms with Crippen molar-refractivity contribution in [1.82, 2.24) is 14.5 Å². The second-order valence-corrected chi connectivity index (χ2v) is 15.9. The van der Waals surface area contributed by atoms with Gasteiger partial charge in [-0.15, -0.1) is 0 Å². The number of imidazole rings is 1. The normalized spacial score (nSPS) is 22.3. The van der Waals surface area contributed by atoms with Crippen LogP contribution in [0.25, 0.3) is 0 Å². The third kappa shape index (κ3) is 6.97. The van der Waals surface area contributed by atoms with Gasteiger partial charge < -0.3 is 19.1 Å². The number of aryl methyl sites for hydroxylation is 1. The largest absolute Gasteiger partial charge is 0.469 e. The molecule has 3 heterocycles. The van der Waals surface area contributed by atoms with Gasteiger partial charge in [0.15, 0.2) is 9.84 Å². The summed E-state index contributed by atoms with van der Waals surface area (Å²) in [6.45, 7) is 11.1. The molecule has 1 saturated carbocycles. The van der Waals surface area contributed by atoms with Gasteiger partial charge >= 0.3 is 5.97 Å². The van der Waals surface area contributed by atoms with E-state index in [9.17, 15) is 13.2 Å². The van der Waals surface area contributed by atoms with Gasteiger partial charge in [-0.05, 0) is 98.5 Å². The highest BCUT2D eigenvalue weighted by Gasteiger charge is 2.52. The second kappa shape index (κ2) is 14.5. The molecule has 2 saturated heterocycles. The summed E-state index contributed by atoms with van der Waals surface area (Å²) in [5.74, 6) is 1.90. The first-order chi connectivity index (χ1) is 23.2. The maximum Gasteiger partial charge on any atom is 0.305 e. The molecule has 0 bridgehead atoms. The number of likely N-dealkylation sites (tertiary alicyclic amines) is 1. The summed E-state index contributed by atoms with van der Waals surface area (Å²) in [5, 5.41) is 0.988. The number of hydrogen-bond donors (Lipinski definition) is 0. The van der Waals surface area contributed by atoms with E-state index < -0.39 is 9.84 Å². The maximum absolute atomic E-state index is 15.1. The highest BCUT2D eigenvalue weighted by molar-refractivity contribution is 7.94. The number of carbonyl (C=O) groups is 1. The molecule has 10 heteroatoms. The number of aromatic nitrogens is 2. The zero-order valence-corrected chi connectivity index (χ0v) is 29.1. The summed E-state index contributed by atoms with van der Waals surface area (Å²) in [5.41, 5.74) is 1.73. The number of carbonyl (C=O) groups excluding carboxylic acids is 1. The third-order valence-electron chi connectivity index (χ3n) is 11.4. The SMILES string of the molecule is C=CS(=O)(=O)c1ccc(N2CC(CN3CCC([C@@](Cn4ccnc4CC)(c4cccc(F)c4)[C@H]4CCC[C@@H]4CC(=O)OC)CC3)C2)cc1. The van der Waals surface area contributed by atoms with Crippen LogP contribution in [0.1, 0.15) is 56.8 Å². The number of nitrogens with zero attached hydrogens (tertiary/aromatic N) is 4. The second-order valence-electron chi connectivity index (χ2n) is 14.0. The topological polar surface area (TPSA) is 84.7 Å². The van der Waals surface area contributed by atoms with Crippen molar-refractivity contribution in [2.45, 2.75) is 68.7 Å². The fourth-order valence-corrected chi connectivity index (χ4v) is 9.75. The first kappa shape index (κ1) is 34.4. The maximum atomic E-state index is 15.1. The lowest BCUT2D eigenvalue weighted by Gasteiger charge is -2.51. The molecule has 0 spiro atoms. The molecular formula is C38H49FN4O4S. The van der Waals surface area contributed by atoms with Crippen LogP contribution in [0.2, 0.25) is 0 Å². The number of ether oxygens (including phenoxy) is 1. The van der Waals surface area contributed by atoms with E-state index in [1.807, 2.05) is 24.4 Å². The molecule has 1 aliphatic carbocycles. The van der Waals surface area contributed by atoms with Gasteiger partial charge in [-0.1, -0.05) is 32.1 Å². The molecule has 0 unspecified atom stereocenters. The molecular weight excluding hydrogens is 628 g/mol. The van der Waals surface area contributed by atoms with E-state index in [0.29, 0.717) is 18.3 Å². The molecule has 2 aromatic carbocycles. The van der Waals surface area contributed by atoms with Crippen LogP contribution >= 0.6 is 0 Å². The van der Waals surface area contributed by atoms with E-state index >= 15 is 4.39 Å². The molecule has 0 radical (unpaired) electrons. The number of esters is 1. The summed E-state index contributed by atoms with van der Waals surface area (Å²) < 4.78 is 46.7. The van der Waals surface area contributed by atoms with Crippen LogP contribution in [0.3, 0.4) is 0 Å². The van der Waals surface area contributed by atoms with E-state index in [2.05, 4.69) is 45.1 Å². The van der Waals surface area contributed by atoms with Gasteiger partial charge in [0, 0.05) is 73.8 Å². The Morgan fingerprint density at radius 1 is 1.10 bits per heavy atom. The monoisotopic (exact) mass is 676 g/mol. The van der Waals surface area contributed by atoms with Crippen molar-refractivity contribution in [3.8, 4) is 0 Å². The van der Waals surface area contributed by atoms with Gasteiger partial charge in [0.2, 0.25) is 0 Å². The smallest absolute Gasteiger partial charge is 0.305 e. The summed E-state index contributed by atoms with van der Waals surface area (Å²) in [6, 6.07) is 14.3. The van der Waals surface area contributed by atoms with Crippen molar-refractivity contribution in [2.75, 3.05) is 44.7 Å². The Labute approximate surface area is 284 Å². The van der Waals surface area contributed by atoms with Crippen molar-refractivity contribution in [3.05, 3.63) is 90.1 Å². The molecule has 3 aliphatic rings. The fourth-order valence-electron chi connectivity index (χ4n) is 9.04. The van der Waals surface area contributed by atoms with Crippen LogP contribution < -0.4 is 4.90 Å². The summed E-state index contributed by atoms with van der Waals surface area (Å²) >= 11 is 0. The quantitative estimate of drug-likeness (QED) is 0.198. The molecule has 8 nitrogen and oxygen atoms in total. The van der Waals surface area contributed by atoms with Gasteiger partial charge in [0.1, 0.15) is 11.6 Å². The lowest BCUT2D eigenvalue weighted by molar-refractivity contribution is -0.142. The zero-order chi connectivity index (χ0) is 33.9. The summed E-state index contributed by atoms with van der Waals surface area (Å²) in [6.07, 6.45) is 10.2. The number of halogens is 1. The van der Waals surface area contributed by atoms with E-state index in [1.54, 1.807) is 18.2 Å². The standard InChI is InChI=1S/C38H49FN4O4S/c1-4-36-40-18-21-42(36)27-38(31-9-7-10-32(39)23-31,35-11-6-8-29(35)22-37(44)47-3)30-16-19-41(20-17-30)24-28-25-43(26-28)33-12-14-34(15-13-33)48(45,46)5-2/h5,7,9-10,12-15,18,21,23,28-30,35H,2,4,6,8,11,16-17,19-20,22,24-27H2,1,3H3/t29-,35+,38+/m1/s1. The molecule has 0 amide bonds. The van der Waals surface area contributed by atoms with Gasteiger partial charge in [-0.3, -0.25) is 4.79 Å². The van der Waals surface area contributed by atoms with Crippen molar-refractivity contribution in [2.24, 2.45) is 23.7 Å². The van der Waals surface area contributed by atoms with Gasteiger partial charge in [0.05, 0.1) is 12.0 Å². The minimum Gasteiger partial charge on any atom is -0.469 e. The Balaban J connectivity index is 1.20. The third-order valence-corrected chi connectivity index (χ3v) is 12.8. The van der Waals surface area contributed by atoms with E-state index in [1.165, 1.54) is 13.2 Å². The van der Waals surface area contributed by atoms with Crippen molar-refractivity contribution >= 4 is 21.5 Å². The van der Waals surface area contributed by atoms with Crippen molar-refractivity contribution in [1.29, 1.82) is 0 Å². The minimum absolute atomic E-state index is 0.168. The summed E-state index contributed by atoms with van der Waals surface area (Å²) in [7, 11) is -1.97. The molecule has 1 aromatic heterocycles. The molecule has 3 atom stereocenters. The predicted molar refractivity (Wildman–Crippen MR) is 186 cm³/mol. The number of hydrogen-bond acceptors (Lipinski definition) is 7. The molecule has 3 aromatic rings. The van der Waals surface area contributed by atoms with Crippen molar-refractivity contribution in [3.63, 3.8) is 0 Å². The highest BCUT2D eigenvalue weighted by Crippen LogP contribution is 2.54. The molecule has 3 fully saturated rings. The molecule has 2 aliphatic heterocycles. The number of sulfone groups is 1. The predicted octanol–water partition coefficient (Wildman–Crippen LogP) is 6.27. The summed E-state index contributed by atoms with van der Waals surface area (Å²) in [4.78, 5) is 22.5. The van der Waals surface area contributed by atoms with Crippen LogP contribution in [-0.2, 0) is 37.7 Å². The Kier molecular flexibility index (Phi) is 10.4. The minimum atomic E-state index is -3.43. The average molecular weight is 677 g/mol. The number of piperidine rings is 1. The van der Waals surface area contributed by atoms with E-state index in [-0.39, 0.29) is 33.9 Å². The van der Waals surface area contributed by atoms with Gasteiger partial charge in [-0.2, -0.15) is 0 Å². The number of benzene rings is 2. The Morgan fingerprint density at radius 3 is 2.52 bits per heavy atom. The van der Waals surface area contributed by atoms with E-state index in [4.69, 9.17) is 4.74 Å². The highest BCUT2D eigenvalue weighted by atomic mass is 32.2. The van der Waals surface area contributed by atoms with Crippen LogP contribution in [-0.4, -0.2) is 68.7 Å². The van der Waals surface area contributed by atoms with Crippen molar-refractivity contribution < 1.29 is 22.3 Å². The first-order valence-corrected chi connectivity index (χ1v) is 19.0. The molecule has 0 N–H and O–H groups in total. The Morgan fingerprint density at radius 2 is 1.85 bits per heavy atom. The number of rotatable bonds is 13. The Bertz CT molecular complexity index is 1680. The lowest BCUT2D eigenvalue weighted by Crippen LogP contribution is -2.55. The Hall–Kier alpha value is -3.50. The van der Waals surface area contributed by atoms with Gasteiger partial charge in [-0.25, -0.2) is 17.8 Å². The van der Waals surface area contributed by atoms with Crippen LogP contribution in [0.4, 0.5) is 10.1 Å². The fraction of sp³-hybridized carbons (Fsp3) is 0.526. The molecule has 258 valence electrons.